The topological polar surface area (TPSA) is 108 Å². The van der Waals surface area contributed by atoms with Gasteiger partial charge in [-0.15, -0.1) is 0 Å². The van der Waals surface area contributed by atoms with Crippen molar-refractivity contribution in [1.82, 2.24) is 0 Å². The van der Waals surface area contributed by atoms with E-state index >= 15 is 0 Å². The molecule has 0 spiro atoms. The lowest BCUT2D eigenvalue weighted by Gasteiger charge is -2.18. The van der Waals surface area contributed by atoms with Crippen molar-refractivity contribution in [3.8, 4) is 11.1 Å². The van der Waals surface area contributed by atoms with Crippen LogP contribution in [-0.4, -0.2) is 26.9 Å². The number of esters is 1. The third kappa shape index (κ3) is 4.15. The normalized spacial score (nSPS) is 16.4. The van der Waals surface area contributed by atoms with Crippen molar-refractivity contribution in [3.05, 3.63) is 52.0 Å². The number of halogens is 2. The number of oxime groups is 1. The molecule has 2 aromatic carbocycles. The molecule has 2 aromatic rings. The van der Waals surface area contributed by atoms with E-state index in [2.05, 4.69) is 5.16 Å². The van der Waals surface area contributed by atoms with Crippen molar-refractivity contribution in [2.45, 2.75) is 24.2 Å². The summed E-state index contributed by atoms with van der Waals surface area (Å²) >= 11 is 12.7. The van der Waals surface area contributed by atoms with E-state index in [4.69, 9.17) is 37.9 Å². The monoisotopic (exact) mass is 442 g/mol. The van der Waals surface area contributed by atoms with Crippen molar-refractivity contribution in [2.75, 3.05) is 6.61 Å². The lowest BCUT2D eigenvalue weighted by atomic mass is 9.90. The van der Waals surface area contributed by atoms with Gasteiger partial charge >= 0.3 is 5.97 Å². The summed E-state index contributed by atoms with van der Waals surface area (Å²) in [6, 6.07) is 9.27. The Kier molecular flexibility index (Phi) is 5.95. The minimum absolute atomic E-state index is 0.0284. The zero-order valence-corrected chi connectivity index (χ0v) is 17.0. The van der Waals surface area contributed by atoms with Crippen LogP contribution in [-0.2, 0) is 24.4 Å². The molecular formula is C18H16Cl2N2O5S. The molecule has 10 heteroatoms. The second-order valence-corrected chi connectivity index (χ2v) is 8.35. The average Bonchev–Trinajstić information content (AvgIpc) is 3.11. The SMILES string of the molecule is CCC(=O)OC1=NOCC1c1ccc(Cl)c(Cl)c1-c1ccc(S(N)(=O)=O)cc1. The van der Waals surface area contributed by atoms with E-state index in [0.29, 0.717) is 21.7 Å². The summed E-state index contributed by atoms with van der Waals surface area (Å²) in [6.07, 6.45) is 0.189. The molecule has 0 amide bonds. The van der Waals surface area contributed by atoms with Gasteiger partial charge in [0.15, 0.2) is 0 Å². The van der Waals surface area contributed by atoms with Crippen LogP contribution in [0.15, 0.2) is 46.4 Å². The first-order valence-electron chi connectivity index (χ1n) is 8.24. The summed E-state index contributed by atoms with van der Waals surface area (Å²) in [5, 5.41) is 9.56. The summed E-state index contributed by atoms with van der Waals surface area (Å²) in [5.41, 5.74) is 1.85. The first-order chi connectivity index (χ1) is 13.2. The molecule has 1 unspecified atom stereocenters. The summed E-state index contributed by atoms with van der Waals surface area (Å²) in [5.74, 6) is -0.779. The van der Waals surface area contributed by atoms with Gasteiger partial charge in [0.05, 0.1) is 14.9 Å². The molecule has 0 aromatic heterocycles. The average molecular weight is 443 g/mol. The second kappa shape index (κ2) is 8.08. The molecule has 148 valence electrons. The number of nitrogens with zero attached hydrogens (tertiary/aromatic N) is 1. The fourth-order valence-corrected chi connectivity index (χ4v) is 3.73. The molecule has 0 fully saturated rings. The molecular weight excluding hydrogens is 427 g/mol. The number of nitrogens with two attached hydrogens (primary N) is 1. The molecule has 1 aliphatic rings. The van der Waals surface area contributed by atoms with E-state index in [1.807, 2.05) is 0 Å². The van der Waals surface area contributed by atoms with Crippen LogP contribution >= 0.6 is 23.2 Å². The maximum Gasteiger partial charge on any atom is 0.312 e. The number of carbonyl (C=O) groups excluding carboxylic acids is 1. The lowest BCUT2D eigenvalue weighted by Crippen LogP contribution is -2.19. The third-order valence-electron chi connectivity index (χ3n) is 4.17. The summed E-state index contributed by atoms with van der Waals surface area (Å²) in [4.78, 5) is 16.8. The zero-order chi connectivity index (χ0) is 20.5. The summed E-state index contributed by atoms with van der Waals surface area (Å²) in [7, 11) is -3.83. The van der Waals surface area contributed by atoms with Gasteiger partial charge in [-0.3, -0.25) is 4.79 Å². The van der Waals surface area contributed by atoms with Crippen LogP contribution in [0, 0.1) is 0 Å². The van der Waals surface area contributed by atoms with Crippen molar-refractivity contribution < 1.29 is 22.8 Å². The maximum atomic E-state index is 11.7. The van der Waals surface area contributed by atoms with Crippen LogP contribution in [0.25, 0.3) is 11.1 Å². The fourth-order valence-electron chi connectivity index (χ4n) is 2.77. The Morgan fingerprint density at radius 2 is 1.93 bits per heavy atom. The molecule has 7 nitrogen and oxygen atoms in total. The molecule has 0 bridgehead atoms. The number of benzene rings is 2. The first kappa shape index (κ1) is 20.6. The number of ether oxygens (including phenoxy) is 1. The largest absolute Gasteiger partial charge is 0.407 e. The van der Waals surface area contributed by atoms with Gasteiger partial charge < -0.3 is 9.57 Å². The van der Waals surface area contributed by atoms with Crippen molar-refractivity contribution in [2.24, 2.45) is 10.3 Å². The predicted molar refractivity (Wildman–Crippen MR) is 106 cm³/mol. The molecule has 0 aliphatic carbocycles. The van der Waals surface area contributed by atoms with Crippen LogP contribution < -0.4 is 5.14 Å². The second-order valence-electron chi connectivity index (χ2n) is 6.00. The highest BCUT2D eigenvalue weighted by Crippen LogP contribution is 2.41. The molecule has 3 rings (SSSR count). The smallest absolute Gasteiger partial charge is 0.312 e. The standard InChI is InChI=1S/C18H16Cl2N2O5S/c1-2-15(23)27-18-13(9-26-22-18)12-7-8-14(19)17(20)16(12)10-3-5-11(6-4-10)28(21,24)25/h3-8,13H,2,9H2,1H3,(H2,21,24,25). The van der Waals surface area contributed by atoms with Crippen molar-refractivity contribution in [3.63, 3.8) is 0 Å². The van der Waals surface area contributed by atoms with Crippen LogP contribution in [0.4, 0.5) is 0 Å². The van der Waals surface area contributed by atoms with Crippen molar-refractivity contribution >= 4 is 45.1 Å². The van der Waals surface area contributed by atoms with Crippen LogP contribution in [0.5, 0.6) is 0 Å². The van der Waals surface area contributed by atoms with Gasteiger partial charge in [-0.1, -0.05) is 53.5 Å². The Morgan fingerprint density at radius 1 is 1.25 bits per heavy atom. The first-order valence-corrected chi connectivity index (χ1v) is 10.5. The number of primary sulfonamides is 1. The van der Waals surface area contributed by atoms with E-state index in [1.54, 1.807) is 31.2 Å². The minimum atomic E-state index is -3.83. The molecule has 2 N–H and O–H groups in total. The van der Waals surface area contributed by atoms with Gasteiger partial charge in [0.1, 0.15) is 12.5 Å². The number of sulfonamides is 1. The molecule has 0 radical (unpaired) electrons. The summed E-state index contributed by atoms with van der Waals surface area (Å²) in [6.45, 7) is 1.83. The molecule has 0 saturated heterocycles. The van der Waals surface area contributed by atoms with E-state index in [0.717, 1.165) is 0 Å². The Hall–Kier alpha value is -2.13. The molecule has 28 heavy (non-hydrogen) atoms. The van der Waals surface area contributed by atoms with E-state index in [-0.39, 0.29) is 28.8 Å². The van der Waals surface area contributed by atoms with E-state index in [9.17, 15) is 13.2 Å². The quantitative estimate of drug-likeness (QED) is 0.726. The zero-order valence-electron chi connectivity index (χ0n) is 14.7. The maximum absolute atomic E-state index is 11.7. The predicted octanol–water partition coefficient (Wildman–Crippen LogP) is 3.69. The van der Waals surface area contributed by atoms with E-state index in [1.165, 1.54) is 12.1 Å². The van der Waals surface area contributed by atoms with Gasteiger partial charge in [0, 0.05) is 12.0 Å². The highest BCUT2D eigenvalue weighted by Gasteiger charge is 2.32. The lowest BCUT2D eigenvalue weighted by molar-refractivity contribution is -0.135. The van der Waals surface area contributed by atoms with Crippen LogP contribution in [0.3, 0.4) is 0 Å². The number of carbonyl (C=O) groups is 1. The number of hydrogen-bond donors (Lipinski definition) is 1. The Labute approximate surface area is 172 Å². The highest BCUT2D eigenvalue weighted by atomic mass is 35.5. The van der Waals surface area contributed by atoms with Crippen LogP contribution in [0.2, 0.25) is 10.0 Å². The molecule has 1 heterocycles. The Balaban J connectivity index is 2.08. The Bertz CT molecular complexity index is 1050. The van der Waals surface area contributed by atoms with Gasteiger partial charge in [-0.2, -0.15) is 0 Å². The molecule has 0 saturated carbocycles. The van der Waals surface area contributed by atoms with Gasteiger partial charge in [-0.05, 0) is 29.3 Å². The summed E-state index contributed by atoms with van der Waals surface area (Å²) < 4.78 is 28.3. The number of hydrogen-bond acceptors (Lipinski definition) is 6. The van der Waals surface area contributed by atoms with Crippen molar-refractivity contribution in [1.29, 1.82) is 0 Å². The molecule has 1 aliphatic heterocycles. The number of rotatable bonds is 4. The van der Waals surface area contributed by atoms with E-state index < -0.39 is 21.9 Å². The minimum Gasteiger partial charge on any atom is -0.407 e. The third-order valence-corrected chi connectivity index (χ3v) is 5.91. The molecule has 1 atom stereocenters. The van der Waals surface area contributed by atoms with Gasteiger partial charge in [-0.25, -0.2) is 13.6 Å². The highest BCUT2D eigenvalue weighted by molar-refractivity contribution is 7.89. The van der Waals surface area contributed by atoms with Gasteiger partial charge in [0.25, 0.3) is 0 Å². The Morgan fingerprint density at radius 3 is 2.54 bits per heavy atom. The fraction of sp³-hybridized carbons (Fsp3) is 0.222. The van der Waals surface area contributed by atoms with Gasteiger partial charge in [0.2, 0.25) is 15.9 Å². The van der Waals surface area contributed by atoms with Crippen LogP contribution in [0.1, 0.15) is 24.8 Å².